The first-order chi connectivity index (χ1) is 6.70. The molecule has 4 heteroatoms. The first-order valence-corrected chi connectivity index (χ1v) is 4.57. The van der Waals surface area contributed by atoms with Crippen LogP contribution in [-0.4, -0.2) is 17.1 Å². The monoisotopic (exact) mass is 207 g/mol. The predicted molar refractivity (Wildman–Crippen MR) is 57.5 cm³/mol. The van der Waals surface area contributed by atoms with Gasteiger partial charge in [0.25, 0.3) is 5.89 Å². The highest BCUT2D eigenvalue weighted by molar-refractivity contribution is 7.80. The number of methoxy groups -OCH3 is 1. The van der Waals surface area contributed by atoms with E-state index in [1.807, 2.05) is 25.1 Å². The molecule has 0 radical (unpaired) electrons. The molecule has 2 aromatic rings. The van der Waals surface area contributed by atoms with Gasteiger partial charge in [-0.1, -0.05) is 6.07 Å². The van der Waals surface area contributed by atoms with E-state index in [0.29, 0.717) is 5.89 Å². The Morgan fingerprint density at radius 3 is 3.00 bits per heavy atom. The molecule has 72 valence electrons. The fraction of sp³-hybridized carbons (Fsp3) is 0.200. The minimum atomic E-state index is 0.277. The summed E-state index contributed by atoms with van der Waals surface area (Å²) in [5.74, 6) is 0.364. The number of rotatable bonds is 1. The summed E-state index contributed by atoms with van der Waals surface area (Å²) in [7, 11) is 1.50. The molecule has 0 saturated heterocycles. The van der Waals surface area contributed by atoms with E-state index in [1.165, 1.54) is 7.11 Å². The average Bonchev–Trinajstić information content (AvgIpc) is 2.59. The van der Waals surface area contributed by atoms with Crippen molar-refractivity contribution in [2.75, 3.05) is 7.11 Å². The van der Waals surface area contributed by atoms with Crippen molar-refractivity contribution >= 4 is 28.4 Å². The Kier molecular flexibility index (Phi) is 2.21. The van der Waals surface area contributed by atoms with Crippen molar-refractivity contribution in [3.05, 3.63) is 29.7 Å². The van der Waals surface area contributed by atoms with E-state index in [9.17, 15) is 0 Å². The fourth-order valence-electron chi connectivity index (χ4n) is 1.21. The van der Waals surface area contributed by atoms with Crippen LogP contribution in [0.25, 0.3) is 11.1 Å². The van der Waals surface area contributed by atoms with Crippen LogP contribution in [0.4, 0.5) is 0 Å². The summed E-state index contributed by atoms with van der Waals surface area (Å²) in [6, 6.07) is 5.78. The molecule has 0 N–H and O–H groups in total. The molecule has 1 heterocycles. The van der Waals surface area contributed by atoms with Gasteiger partial charge in [0, 0.05) is 0 Å². The lowest BCUT2D eigenvalue weighted by atomic mass is 10.2. The van der Waals surface area contributed by atoms with Gasteiger partial charge in [-0.3, -0.25) is 0 Å². The summed E-state index contributed by atoms with van der Waals surface area (Å²) in [5.41, 5.74) is 2.67. The standard InChI is InChI=1S/C10H9NO2S/c1-6-3-4-8-7(5-6)11-9(13-8)10(14)12-2/h3-5H,1-2H3. The van der Waals surface area contributed by atoms with Crippen molar-refractivity contribution < 1.29 is 9.15 Å². The Balaban J connectivity index is 2.56. The minimum absolute atomic E-state index is 0.277. The van der Waals surface area contributed by atoms with Gasteiger partial charge in [-0.25, -0.2) is 4.98 Å². The number of oxazole rings is 1. The number of hydrogen-bond acceptors (Lipinski definition) is 4. The third-order valence-electron chi connectivity index (χ3n) is 1.90. The molecule has 0 aliphatic rings. The molecule has 0 aliphatic carbocycles. The lowest BCUT2D eigenvalue weighted by Gasteiger charge is -1.92. The number of fused-ring (bicyclic) bond motifs is 1. The number of thiocarbonyl (C=S) groups is 1. The van der Waals surface area contributed by atoms with Crippen LogP contribution in [0.1, 0.15) is 11.5 Å². The predicted octanol–water partition coefficient (Wildman–Crippen LogP) is 2.46. The summed E-state index contributed by atoms with van der Waals surface area (Å²) in [6.07, 6.45) is 0. The van der Waals surface area contributed by atoms with E-state index < -0.39 is 0 Å². The van der Waals surface area contributed by atoms with Gasteiger partial charge in [-0.15, -0.1) is 0 Å². The first-order valence-electron chi connectivity index (χ1n) is 4.16. The van der Waals surface area contributed by atoms with Gasteiger partial charge in [-0.05, 0) is 36.8 Å². The van der Waals surface area contributed by atoms with Crippen molar-refractivity contribution in [3.63, 3.8) is 0 Å². The Morgan fingerprint density at radius 2 is 2.29 bits per heavy atom. The van der Waals surface area contributed by atoms with Gasteiger partial charge in [0.2, 0.25) is 5.05 Å². The molecule has 0 atom stereocenters. The molecule has 0 amide bonds. The maximum absolute atomic E-state index is 5.40. The molecule has 0 fully saturated rings. The molecular weight excluding hydrogens is 198 g/mol. The van der Waals surface area contributed by atoms with Crippen LogP contribution < -0.4 is 0 Å². The topological polar surface area (TPSA) is 35.3 Å². The number of benzene rings is 1. The number of ether oxygens (including phenoxy) is 1. The average molecular weight is 207 g/mol. The van der Waals surface area contributed by atoms with E-state index in [2.05, 4.69) is 4.98 Å². The van der Waals surface area contributed by atoms with Crippen LogP contribution in [0.5, 0.6) is 0 Å². The van der Waals surface area contributed by atoms with Gasteiger partial charge in [0.15, 0.2) is 5.58 Å². The summed E-state index contributed by atoms with van der Waals surface area (Å²) in [4.78, 5) is 4.21. The third-order valence-corrected chi connectivity index (χ3v) is 2.24. The number of aryl methyl sites for hydroxylation is 1. The Bertz CT molecular complexity index is 490. The van der Waals surface area contributed by atoms with Crippen molar-refractivity contribution in [2.24, 2.45) is 0 Å². The Hall–Kier alpha value is -1.42. The molecular formula is C10H9NO2S. The second-order valence-electron chi connectivity index (χ2n) is 2.98. The zero-order valence-corrected chi connectivity index (χ0v) is 8.72. The second-order valence-corrected chi connectivity index (χ2v) is 3.35. The van der Waals surface area contributed by atoms with E-state index in [4.69, 9.17) is 21.4 Å². The first kappa shape index (κ1) is 9.15. The molecule has 3 nitrogen and oxygen atoms in total. The van der Waals surface area contributed by atoms with Crippen LogP contribution in [0.3, 0.4) is 0 Å². The highest BCUT2D eigenvalue weighted by atomic mass is 32.1. The third kappa shape index (κ3) is 1.48. The molecule has 0 unspecified atom stereocenters. The largest absolute Gasteiger partial charge is 0.483 e. The highest BCUT2D eigenvalue weighted by Crippen LogP contribution is 2.17. The second kappa shape index (κ2) is 3.38. The van der Waals surface area contributed by atoms with Crippen LogP contribution >= 0.6 is 12.2 Å². The van der Waals surface area contributed by atoms with E-state index in [0.717, 1.165) is 16.7 Å². The van der Waals surface area contributed by atoms with Gasteiger partial charge < -0.3 is 9.15 Å². The number of aromatic nitrogens is 1. The highest BCUT2D eigenvalue weighted by Gasteiger charge is 2.10. The molecule has 0 saturated carbocycles. The zero-order valence-electron chi connectivity index (χ0n) is 7.90. The number of nitrogens with zero attached hydrogens (tertiary/aromatic N) is 1. The van der Waals surface area contributed by atoms with Crippen LogP contribution in [0, 0.1) is 6.92 Å². The molecule has 0 spiro atoms. The normalized spacial score (nSPS) is 10.4. The summed E-state index contributed by atoms with van der Waals surface area (Å²) in [5, 5.41) is 0.277. The molecule has 1 aromatic heterocycles. The molecule has 2 rings (SSSR count). The van der Waals surface area contributed by atoms with Crippen molar-refractivity contribution in [1.82, 2.24) is 4.98 Å². The van der Waals surface area contributed by atoms with Gasteiger partial charge in [-0.2, -0.15) is 0 Å². The van der Waals surface area contributed by atoms with Gasteiger partial charge in [0.05, 0.1) is 7.11 Å². The number of hydrogen-bond donors (Lipinski definition) is 0. The smallest absolute Gasteiger partial charge is 0.275 e. The van der Waals surface area contributed by atoms with Gasteiger partial charge >= 0.3 is 0 Å². The molecule has 1 aromatic carbocycles. The van der Waals surface area contributed by atoms with Gasteiger partial charge in [0.1, 0.15) is 5.52 Å². The molecule has 0 aliphatic heterocycles. The Labute approximate surface area is 86.7 Å². The lowest BCUT2D eigenvalue weighted by Crippen LogP contribution is -1.98. The van der Waals surface area contributed by atoms with Crippen LogP contribution in [0.2, 0.25) is 0 Å². The Morgan fingerprint density at radius 1 is 1.50 bits per heavy atom. The molecule has 0 bridgehead atoms. The van der Waals surface area contributed by atoms with Crippen molar-refractivity contribution in [3.8, 4) is 0 Å². The SMILES string of the molecule is COC(=S)c1nc2cc(C)ccc2o1. The quantitative estimate of drug-likeness (QED) is 0.673. The summed E-state index contributed by atoms with van der Waals surface area (Å²) >= 11 is 4.92. The maximum atomic E-state index is 5.40. The van der Waals surface area contributed by atoms with E-state index >= 15 is 0 Å². The van der Waals surface area contributed by atoms with Crippen LogP contribution in [0.15, 0.2) is 22.6 Å². The maximum Gasteiger partial charge on any atom is 0.275 e. The minimum Gasteiger partial charge on any atom is -0.483 e. The lowest BCUT2D eigenvalue weighted by molar-refractivity contribution is 0.399. The van der Waals surface area contributed by atoms with Crippen molar-refractivity contribution in [1.29, 1.82) is 0 Å². The van der Waals surface area contributed by atoms with E-state index in [-0.39, 0.29) is 5.05 Å². The van der Waals surface area contributed by atoms with E-state index in [1.54, 1.807) is 0 Å². The fourth-order valence-corrected chi connectivity index (χ4v) is 1.30. The molecule has 14 heavy (non-hydrogen) atoms. The van der Waals surface area contributed by atoms with Crippen LogP contribution in [-0.2, 0) is 4.74 Å². The summed E-state index contributed by atoms with van der Waals surface area (Å²) in [6.45, 7) is 2.00. The van der Waals surface area contributed by atoms with Crippen molar-refractivity contribution in [2.45, 2.75) is 6.92 Å². The zero-order chi connectivity index (χ0) is 10.1. The summed E-state index contributed by atoms with van der Waals surface area (Å²) < 4.78 is 10.3.